The minimum atomic E-state index is -0.348. The average molecular weight is 378 g/mol. The summed E-state index contributed by atoms with van der Waals surface area (Å²) in [6.07, 6.45) is 8.15. The van der Waals surface area contributed by atoms with Gasteiger partial charge < -0.3 is 9.72 Å². The molecular weight excluding hydrogens is 356 g/mol. The second-order valence-corrected chi connectivity index (χ2v) is 6.69. The van der Waals surface area contributed by atoms with E-state index in [1.165, 1.54) is 6.08 Å². The maximum Gasteiger partial charge on any atom is 0.267 e. The normalized spacial score (nSPS) is 17.2. The number of carbonyl (C=O) groups excluding carboxylic acids is 1. The highest BCUT2D eigenvalue weighted by Gasteiger charge is 2.14. The maximum absolute atomic E-state index is 11.9. The molecule has 4 rings (SSSR count). The van der Waals surface area contributed by atoms with E-state index in [0.717, 1.165) is 47.4 Å². The Morgan fingerprint density at radius 1 is 1.29 bits per heavy atom. The van der Waals surface area contributed by atoms with Crippen LogP contribution in [0.4, 0.5) is 0 Å². The van der Waals surface area contributed by atoms with E-state index in [1.807, 2.05) is 36.4 Å². The van der Waals surface area contributed by atoms with Gasteiger partial charge in [-0.15, -0.1) is 0 Å². The number of nitrogens with one attached hydrogen (secondary N) is 2. The van der Waals surface area contributed by atoms with E-state index in [1.54, 1.807) is 12.3 Å². The van der Waals surface area contributed by atoms with Gasteiger partial charge in [0.15, 0.2) is 11.9 Å². The summed E-state index contributed by atoms with van der Waals surface area (Å²) in [5, 5.41) is 0. The Morgan fingerprint density at radius 3 is 2.96 bits per heavy atom. The van der Waals surface area contributed by atoms with Crippen molar-refractivity contribution in [3.63, 3.8) is 0 Å². The van der Waals surface area contributed by atoms with Gasteiger partial charge in [-0.2, -0.15) is 0 Å². The lowest BCUT2D eigenvalue weighted by molar-refractivity contribution is -0.198. The molecule has 0 bridgehead atoms. The molecule has 7 nitrogen and oxygen atoms in total. The van der Waals surface area contributed by atoms with Crippen LogP contribution in [-0.4, -0.2) is 33.8 Å². The molecule has 1 amide bonds. The van der Waals surface area contributed by atoms with E-state index in [2.05, 4.69) is 20.4 Å². The Bertz CT molecular complexity index is 926. The van der Waals surface area contributed by atoms with Crippen molar-refractivity contribution in [1.29, 1.82) is 0 Å². The molecule has 7 heteroatoms. The van der Waals surface area contributed by atoms with Crippen LogP contribution in [0.3, 0.4) is 0 Å². The second kappa shape index (κ2) is 8.77. The maximum atomic E-state index is 11.9. The number of fused-ring (bicyclic) bond motifs is 1. The number of hydrogen-bond donors (Lipinski definition) is 2. The van der Waals surface area contributed by atoms with Crippen molar-refractivity contribution in [2.75, 3.05) is 6.61 Å². The van der Waals surface area contributed by atoms with Gasteiger partial charge in [0.1, 0.15) is 5.82 Å². The molecule has 28 heavy (non-hydrogen) atoms. The van der Waals surface area contributed by atoms with Crippen molar-refractivity contribution < 1.29 is 14.4 Å². The fourth-order valence-corrected chi connectivity index (χ4v) is 3.05. The summed E-state index contributed by atoms with van der Waals surface area (Å²) < 4.78 is 5.40. The van der Waals surface area contributed by atoms with E-state index in [4.69, 9.17) is 9.57 Å². The predicted octanol–water partition coefficient (Wildman–Crippen LogP) is 3.14. The lowest BCUT2D eigenvalue weighted by Crippen LogP contribution is -2.32. The van der Waals surface area contributed by atoms with Crippen molar-refractivity contribution in [3.8, 4) is 0 Å². The fourth-order valence-electron chi connectivity index (χ4n) is 3.05. The van der Waals surface area contributed by atoms with Crippen molar-refractivity contribution in [1.82, 2.24) is 20.4 Å². The van der Waals surface area contributed by atoms with Crippen LogP contribution in [0.5, 0.6) is 0 Å². The number of nitrogens with zero attached hydrogens (tertiary/aromatic N) is 2. The minimum absolute atomic E-state index is 0.312. The number of hydrogen-bond acceptors (Lipinski definition) is 5. The van der Waals surface area contributed by atoms with E-state index < -0.39 is 0 Å². The molecule has 2 N–H and O–H groups in total. The topological polar surface area (TPSA) is 89.1 Å². The molecule has 1 atom stereocenters. The number of aromatic amines is 1. The molecule has 1 unspecified atom stereocenters. The number of pyridine rings is 1. The molecule has 1 aliphatic rings. The molecule has 0 saturated carbocycles. The highest BCUT2D eigenvalue weighted by molar-refractivity contribution is 5.90. The quantitative estimate of drug-likeness (QED) is 0.508. The summed E-state index contributed by atoms with van der Waals surface area (Å²) in [5.74, 6) is 0.562. The third-order valence-electron chi connectivity index (χ3n) is 4.51. The summed E-state index contributed by atoms with van der Waals surface area (Å²) in [4.78, 5) is 29.1. The first-order valence-corrected chi connectivity index (χ1v) is 9.40. The molecule has 0 spiro atoms. The first-order valence-electron chi connectivity index (χ1n) is 9.40. The van der Waals surface area contributed by atoms with Crippen molar-refractivity contribution in [2.24, 2.45) is 0 Å². The van der Waals surface area contributed by atoms with Gasteiger partial charge in [-0.3, -0.25) is 4.79 Å². The molecule has 3 heterocycles. The summed E-state index contributed by atoms with van der Waals surface area (Å²) in [7, 11) is 0. The van der Waals surface area contributed by atoms with Crippen LogP contribution in [0, 0.1) is 0 Å². The number of hydroxylamine groups is 1. The standard InChI is InChI=1S/C21H22N4O3/c26-19(25-28-20-5-1-2-13-27-20)11-10-15-6-8-16(9-7-15)14-18-23-17-4-3-12-22-21(17)24-18/h3-4,6-12,20H,1-2,5,13-14H2,(H,25,26)(H,22,23,24). The number of ether oxygens (including phenoxy) is 1. The van der Waals surface area contributed by atoms with Crippen LogP contribution in [0.1, 0.15) is 36.2 Å². The van der Waals surface area contributed by atoms with Crippen LogP contribution >= 0.6 is 0 Å². The van der Waals surface area contributed by atoms with Gasteiger partial charge in [-0.25, -0.2) is 20.3 Å². The zero-order valence-corrected chi connectivity index (χ0v) is 15.4. The van der Waals surface area contributed by atoms with Crippen LogP contribution in [0.15, 0.2) is 48.7 Å². The van der Waals surface area contributed by atoms with E-state index in [0.29, 0.717) is 13.0 Å². The molecular formula is C21H22N4O3. The lowest BCUT2D eigenvalue weighted by atomic mass is 10.1. The lowest BCUT2D eigenvalue weighted by Gasteiger charge is -2.21. The zero-order valence-electron chi connectivity index (χ0n) is 15.4. The van der Waals surface area contributed by atoms with Crippen LogP contribution in [0.2, 0.25) is 0 Å². The second-order valence-electron chi connectivity index (χ2n) is 6.69. The van der Waals surface area contributed by atoms with Crippen molar-refractivity contribution in [3.05, 3.63) is 65.6 Å². The Kier molecular flexibility index (Phi) is 5.75. The van der Waals surface area contributed by atoms with E-state index in [-0.39, 0.29) is 12.2 Å². The number of aromatic nitrogens is 3. The van der Waals surface area contributed by atoms with E-state index in [9.17, 15) is 4.79 Å². The Hall–Kier alpha value is -3.03. The van der Waals surface area contributed by atoms with Gasteiger partial charge in [-0.1, -0.05) is 24.3 Å². The fraction of sp³-hybridized carbons (Fsp3) is 0.286. The Balaban J connectivity index is 1.29. The predicted molar refractivity (Wildman–Crippen MR) is 105 cm³/mol. The van der Waals surface area contributed by atoms with E-state index >= 15 is 0 Å². The molecule has 144 valence electrons. The highest BCUT2D eigenvalue weighted by Crippen LogP contribution is 2.14. The average Bonchev–Trinajstić information content (AvgIpc) is 3.15. The highest BCUT2D eigenvalue weighted by atomic mass is 16.8. The number of imidazole rings is 1. The largest absolute Gasteiger partial charge is 0.350 e. The van der Waals surface area contributed by atoms with Gasteiger partial charge >= 0.3 is 0 Å². The molecule has 0 aliphatic carbocycles. The number of H-pyrrole nitrogens is 1. The minimum Gasteiger partial charge on any atom is -0.350 e. The smallest absolute Gasteiger partial charge is 0.267 e. The zero-order chi connectivity index (χ0) is 19.2. The molecule has 2 aromatic heterocycles. The Labute approximate surface area is 162 Å². The van der Waals surface area contributed by atoms with Crippen LogP contribution < -0.4 is 5.48 Å². The number of rotatable bonds is 6. The molecule has 0 radical (unpaired) electrons. The summed E-state index contributed by atoms with van der Waals surface area (Å²) in [6.45, 7) is 0.674. The Morgan fingerprint density at radius 2 is 2.18 bits per heavy atom. The molecule has 1 aromatic carbocycles. The molecule has 1 fully saturated rings. The number of carbonyl (C=O) groups is 1. The summed E-state index contributed by atoms with van der Waals surface area (Å²) in [6, 6.07) is 11.8. The van der Waals surface area contributed by atoms with Gasteiger partial charge in [-0.05, 0) is 42.2 Å². The number of benzene rings is 1. The SMILES string of the molecule is O=C(C=Cc1ccc(Cc2nc3ncccc3[nH]2)cc1)NOC1CCCCO1. The van der Waals surface area contributed by atoms with Gasteiger partial charge in [0, 0.05) is 31.7 Å². The molecule has 3 aromatic rings. The third kappa shape index (κ3) is 4.82. The first-order chi connectivity index (χ1) is 13.8. The summed E-state index contributed by atoms with van der Waals surface area (Å²) in [5.41, 5.74) is 6.12. The van der Waals surface area contributed by atoms with Crippen molar-refractivity contribution in [2.45, 2.75) is 32.0 Å². The first kappa shape index (κ1) is 18.3. The van der Waals surface area contributed by atoms with Crippen LogP contribution in [-0.2, 0) is 20.8 Å². The van der Waals surface area contributed by atoms with Gasteiger partial charge in [0.05, 0.1) is 5.52 Å². The van der Waals surface area contributed by atoms with Crippen molar-refractivity contribution >= 4 is 23.1 Å². The molecule has 1 aliphatic heterocycles. The summed E-state index contributed by atoms with van der Waals surface area (Å²) >= 11 is 0. The van der Waals surface area contributed by atoms with Gasteiger partial charge in [0.2, 0.25) is 0 Å². The number of amides is 1. The third-order valence-corrected chi connectivity index (χ3v) is 4.51. The van der Waals surface area contributed by atoms with Crippen LogP contribution in [0.25, 0.3) is 17.2 Å². The van der Waals surface area contributed by atoms with Gasteiger partial charge in [0.25, 0.3) is 5.91 Å². The monoisotopic (exact) mass is 378 g/mol. The molecule has 1 saturated heterocycles.